The summed E-state index contributed by atoms with van der Waals surface area (Å²) in [6, 6.07) is 0. The first-order valence-electron chi connectivity index (χ1n) is 0. The Labute approximate surface area is 84.2 Å². The van der Waals surface area contributed by atoms with Crippen molar-refractivity contribution < 1.29 is 85.6 Å². The van der Waals surface area contributed by atoms with Crippen LogP contribution in [0.2, 0.25) is 0 Å². The van der Waals surface area contributed by atoms with Crippen molar-refractivity contribution in [2.24, 2.45) is 0 Å². The largest absolute Gasteiger partial charge is 0 e. The maximum atomic E-state index is 0. The van der Waals surface area contributed by atoms with Crippen molar-refractivity contribution in [2.45, 2.75) is 0 Å². The third kappa shape index (κ3) is 8.84. The molecule has 0 aromatic carbocycles. The standard InChI is InChI=1S/Pd.3Ti. The van der Waals surface area contributed by atoms with Gasteiger partial charge in [0.15, 0.2) is 0 Å². The van der Waals surface area contributed by atoms with Crippen molar-refractivity contribution in [1.82, 2.24) is 0 Å². The maximum absolute atomic E-state index is 0. The van der Waals surface area contributed by atoms with Gasteiger partial charge in [-0.15, -0.1) is 0 Å². The van der Waals surface area contributed by atoms with Gasteiger partial charge >= 0.3 is 0 Å². The molecule has 0 aliphatic heterocycles. The molecule has 0 heterocycles. The molecule has 0 aromatic rings. The second-order valence-electron chi connectivity index (χ2n) is 0. The predicted octanol–water partition coefficient (Wildman–Crippen LogP) is -0.0100. The molecule has 0 unspecified atom stereocenters. The zero-order valence-electron chi connectivity index (χ0n) is 1.82. The molecule has 0 radical (unpaired) electrons. The molecule has 0 bridgehead atoms. The quantitative estimate of drug-likeness (QED) is 0.530. The normalized spacial score (nSPS) is 0. The molecule has 0 rings (SSSR count). The van der Waals surface area contributed by atoms with Gasteiger partial charge < -0.3 is 0 Å². The van der Waals surface area contributed by atoms with Gasteiger partial charge in [0.25, 0.3) is 0 Å². The average molecular weight is 250 g/mol. The van der Waals surface area contributed by atoms with E-state index in [0.717, 1.165) is 0 Å². The van der Waals surface area contributed by atoms with Crippen molar-refractivity contribution in [3.8, 4) is 0 Å². The van der Waals surface area contributed by atoms with Crippen LogP contribution in [0.15, 0.2) is 0 Å². The van der Waals surface area contributed by atoms with Crippen LogP contribution in [0.3, 0.4) is 0 Å². The van der Waals surface area contributed by atoms with Gasteiger partial charge in [-0.2, -0.15) is 0 Å². The average Bonchev–Trinajstić information content (AvgIpc) is 0. The maximum Gasteiger partial charge on any atom is 0 e. The first-order chi connectivity index (χ1) is 0. The molecule has 0 fully saturated rings. The summed E-state index contributed by atoms with van der Waals surface area (Å²) < 4.78 is 0. The molecule has 0 aromatic heterocycles. The van der Waals surface area contributed by atoms with Crippen molar-refractivity contribution in [3.05, 3.63) is 0 Å². The molecule has 0 saturated carbocycles. The summed E-state index contributed by atoms with van der Waals surface area (Å²) in [5.74, 6) is 0. The monoisotopic (exact) mass is 250 g/mol. The van der Waals surface area contributed by atoms with Gasteiger partial charge in [-0.05, 0) is 0 Å². The third-order valence-corrected chi connectivity index (χ3v) is 0. The van der Waals surface area contributed by atoms with E-state index in [1.54, 1.807) is 0 Å². The van der Waals surface area contributed by atoms with Crippen molar-refractivity contribution in [2.75, 3.05) is 0 Å². The Morgan fingerprint density at radius 1 is 0.500 bits per heavy atom. The van der Waals surface area contributed by atoms with Crippen LogP contribution in [0.1, 0.15) is 0 Å². The van der Waals surface area contributed by atoms with Crippen LogP contribution in [0.4, 0.5) is 0 Å². The smallest absolute Gasteiger partial charge is 0 e. The fraction of sp³-hybridized carbons (Fsp3) is 0. The van der Waals surface area contributed by atoms with Gasteiger partial charge in [0.2, 0.25) is 0 Å². The summed E-state index contributed by atoms with van der Waals surface area (Å²) in [4.78, 5) is 0. The molecule has 0 aliphatic carbocycles. The zero-order valence-corrected chi connectivity index (χ0v) is 8.06. The molecule has 0 saturated heterocycles. The predicted molar refractivity (Wildman–Crippen MR) is 0 cm³/mol. The van der Waals surface area contributed by atoms with Gasteiger partial charge in [0.05, 0.1) is 0 Å². The summed E-state index contributed by atoms with van der Waals surface area (Å²) >= 11 is 0. The van der Waals surface area contributed by atoms with Gasteiger partial charge in [-0.1, -0.05) is 0 Å². The Morgan fingerprint density at radius 3 is 0.500 bits per heavy atom. The Morgan fingerprint density at radius 2 is 0.500 bits per heavy atom. The van der Waals surface area contributed by atoms with Gasteiger partial charge in [0.1, 0.15) is 0 Å². The summed E-state index contributed by atoms with van der Waals surface area (Å²) in [5, 5.41) is 0. The molecule has 0 N–H and O–H groups in total. The van der Waals surface area contributed by atoms with Crippen molar-refractivity contribution >= 4 is 0 Å². The molecule has 0 atom stereocenters. The van der Waals surface area contributed by atoms with Crippen LogP contribution in [-0.2, 0) is 85.6 Å². The topological polar surface area (TPSA) is 0 Å². The Kier molecular flexibility index (Phi) is 124. The van der Waals surface area contributed by atoms with E-state index in [0.29, 0.717) is 0 Å². The number of hydrogen-bond acceptors (Lipinski definition) is 0. The van der Waals surface area contributed by atoms with Crippen LogP contribution in [0, 0.1) is 0 Å². The Hall–Kier alpha value is 2.81. The van der Waals surface area contributed by atoms with E-state index in [2.05, 4.69) is 0 Å². The second kappa shape index (κ2) is 17.0. The minimum atomic E-state index is 0. The summed E-state index contributed by atoms with van der Waals surface area (Å²) in [5.41, 5.74) is 0. The first kappa shape index (κ1) is 29.1. The summed E-state index contributed by atoms with van der Waals surface area (Å²) in [6.45, 7) is 0. The van der Waals surface area contributed by atoms with E-state index in [-0.39, 0.29) is 85.6 Å². The molecule has 22 valence electrons. The molecule has 0 amide bonds. The Bertz CT molecular complexity index is 3.25. The van der Waals surface area contributed by atoms with E-state index < -0.39 is 0 Å². The molecular weight excluding hydrogens is 250 g/mol. The van der Waals surface area contributed by atoms with E-state index in [9.17, 15) is 0 Å². The van der Waals surface area contributed by atoms with Crippen molar-refractivity contribution in [3.63, 3.8) is 0 Å². The molecule has 0 nitrogen and oxygen atoms in total. The number of hydrogen-bond donors (Lipinski definition) is 0. The van der Waals surface area contributed by atoms with E-state index in [1.165, 1.54) is 0 Å². The minimum Gasteiger partial charge on any atom is 0 e. The third-order valence-electron chi connectivity index (χ3n) is 0. The van der Waals surface area contributed by atoms with E-state index in [4.69, 9.17) is 0 Å². The number of rotatable bonds is 0. The van der Waals surface area contributed by atoms with E-state index in [1.807, 2.05) is 0 Å². The molecule has 4 heteroatoms. The van der Waals surface area contributed by atoms with Gasteiger partial charge in [-0.3, -0.25) is 0 Å². The molecular formula is PdTi3. The van der Waals surface area contributed by atoms with Crippen LogP contribution in [0.5, 0.6) is 0 Å². The van der Waals surface area contributed by atoms with Crippen LogP contribution in [0.25, 0.3) is 0 Å². The minimum absolute atomic E-state index is 0. The second-order valence-corrected chi connectivity index (χ2v) is 0. The Balaban J connectivity index is 0. The summed E-state index contributed by atoms with van der Waals surface area (Å²) in [6.07, 6.45) is 0. The van der Waals surface area contributed by atoms with Crippen LogP contribution < -0.4 is 0 Å². The van der Waals surface area contributed by atoms with Gasteiger partial charge in [-0.25, -0.2) is 0 Å². The fourth-order valence-electron chi connectivity index (χ4n) is 0. The fourth-order valence-corrected chi connectivity index (χ4v) is 0. The van der Waals surface area contributed by atoms with Crippen LogP contribution in [-0.4, -0.2) is 0 Å². The SMILES string of the molecule is [Pd].[Ti].[Ti].[Ti]. The molecule has 0 aliphatic rings. The summed E-state index contributed by atoms with van der Waals surface area (Å²) in [7, 11) is 0. The zero-order chi connectivity index (χ0) is 0. The molecule has 0 spiro atoms. The first-order valence-corrected chi connectivity index (χ1v) is 0. The van der Waals surface area contributed by atoms with Gasteiger partial charge in [0, 0.05) is 85.6 Å². The van der Waals surface area contributed by atoms with Crippen LogP contribution >= 0.6 is 0 Å². The molecule has 4 heavy (non-hydrogen) atoms. The van der Waals surface area contributed by atoms with Crippen molar-refractivity contribution in [1.29, 1.82) is 0 Å². The van der Waals surface area contributed by atoms with E-state index >= 15 is 0 Å².